The molecule has 2 N–H and O–H groups in total. The third-order valence-electron chi connectivity index (χ3n) is 3.82. The van der Waals surface area contributed by atoms with Crippen molar-refractivity contribution in [2.45, 2.75) is 32.4 Å². The molecular weight excluding hydrogens is 282 g/mol. The second-order valence-corrected chi connectivity index (χ2v) is 5.63. The van der Waals surface area contributed by atoms with Gasteiger partial charge in [-0.05, 0) is 49.6 Å². The lowest BCUT2D eigenvalue weighted by molar-refractivity contribution is -0.115. The van der Waals surface area contributed by atoms with Gasteiger partial charge in [-0.3, -0.25) is 9.69 Å². The molecule has 6 nitrogen and oxygen atoms in total. The van der Waals surface area contributed by atoms with Crippen molar-refractivity contribution >= 4 is 12.1 Å². The number of amides is 1. The molecule has 22 heavy (non-hydrogen) atoms. The predicted octanol–water partition coefficient (Wildman–Crippen LogP) is 1.41. The Morgan fingerprint density at radius 3 is 3.09 bits per heavy atom. The Hall–Kier alpha value is -2.08. The van der Waals surface area contributed by atoms with Gasteiger partial charge >= 0.3 is 0 Å². The molecule has 6 heteroatoms. The van der Waals surface area contributed by atoms with E-state index in [2.05, 4.69) is 27.5 Å². The molecule has 0 fully saturated rings. The Bertz CT molecular complexity index is 545. The van der Waals surface area contributed by atoms with Crippen LogP contribution >= 0.6 is 0 Å². The number of rotatable bonds is 5. The summed E-state index contributed by atoms with van der Waals surface area (Å²) in [6.45, 7) is 4.54. The van der Waals surface area contributed by atoms with E-state index >= 15 is 0 Å². The SMILES string of the molecule is COc1ccc2c(c1)CN(C[C@H](C)NC(=O)/C=N/O)CCC2. The van der Waals surface area contributed by atoms with Crippen molar-refractivity contribution in [2.75, 3.05) is 20.2 Å². The number of ether oxygens (including phenoxy) is 1. The fourth-order valence-corrected chi connectivity index (χ4v) is 2.85. The predicted molar refractivity (Wildman–Crippen MR) is 84.5 cm³/mol. The molecule has 1 aromatic rings. The molecule has 0 bridgehead atoms. The maximum absolute atomic E-state index is 11.4. The number of hydrogen-bond donors (Lipinski definition) is 2. The monoisotopic (exact) mass is 305 g/mol. The standard InChI is InChI=1S/C16H23N3O3/c1-12(18-16(20)9-17-21)10-19-7-3-4-13-5-6-15(22-2)8-14(13)11-19/h5-6,8-9,12,21H,3-4,7,10-11H2,1-2H3,(H,18,20)/b17-9+/t12-/m0/s1. The van der Waals surface area contributed by atoms with E-state index < -0.39 is 0 Å². The smallest absolute Gasteiger partial charge is 0.266 e. The average Bonchev–Trinajstić information content (AvgIpc) is 2.67. The number of carbonyl (C=O) groups is 1. The Labute approximate surface area is 130 Å². The van der Waals surface area contributed by atoms with Crippen LogP contribution in [0.25, 0.3) is 0 Å². The van der Waals surface area contributed by atoms with Crippen LogP contribution < -0.4 is 10.1 Å². The number of nitrogens with one attached hydrogen (secondary N) is 1. The van der Waals surface area contributed by atoms with Crippen molar-refractivity contribution in [1.29, 1.82) is 0 Å². The van der Waals surface area contributed by atoms with Gasteiger partial charge in [0.05, 0.1) is 7.11 Å². The van der Waals surface area contributed by atoms with E-state index in [9.17, 15) is 4.79 Å². The zero-order valence-corrected chi connectivity index (χ0v) is 13.1. The lowest BCUT2D eigenvalue weighted by Crippen LogP contribution is -2.42. The van der Waals surface area contributed by atoms with Gasteiger partial charge in [-0.1, -0.05) is 11.2 Å². The summed E-state index contributed by atoms with van der Waals surface area (Å²) in [6, 6.07) is 6.22. The van der Waals surface area contributed by atoms with Gasteiger partial charge in [-0.25, -0.2) is 0 Å². The molecule has 0 aromatic heterocycles. The summed E-state index contributed by atoms with van der Waals surface area (Å²) in [7, 11) is 1.68. The molecule has 0 spiro atoms. The first kappa shape index (κ1) is 16.3. The molecule has 0 saturated carbocycles. The van der Waals surface area contributed by atoms with Crippen LogP contribution in [-0.2, 0) is 17.8 Å². The maximum atomic E-state index is 11.4. The second-order valence-electron chi connectivity index (χ2n) is 5.63. The third-order valence-corrected chi connectivity index (χ3v) is 3.82. The number of hydrogen-bond acceptors (Lipinski definition) is 5. The summed E-state index contributed by atoms with van der Waals surface area (Å²) in [5.74, 6) is 0.494. The number of fused-ring (bicyclic) bond motifs is 1. The van der Waals surface area contributed by atoms with Crippen LogP contribution in [0.3, 0.4) is 0 Å². The maximum Gasteiger partial charge on any atom is 0.266 e. The first-order chi connectivity index (χ1) is 10.6. The van der Waals surface area contributed by atoms with Gasteiger partial charge in [0.2, 0.25) is 0 Å². The Balaban J connectivity index is 1.99. The minimum absolute atomic E-state index is 0.0161. The van der Waals surface area contributed by atoms with Crippen LogP contribution in [0.5, 0.6) is 5.75 Å². The number of aryl methyl sites for hydroxylation is 1. The zero-order valence-electron chi connectivity index (χ0n) is 13.1. The highest BCUT2D eigenvalue weighted by Crippen LogP contribution is 2.23. The average molecular weight is 305 g/mol. The number of benzene rings is 1. The number of nitrogens with zero attached hydrogens (tertiary/aromatic N) is 2. The van der Waals surface area contributed by atoms with Crippen LogP contribution in [0.1, 0.15) is 24.5 Å². The van der Waals surface area contributed by atoms with Crippen molar-refractivity contribution in [3.63, 3.8) is 0 Å². The largest absolute Gasteiger partial charge is 0.497 e. The van der Waals surface area contributed by atoms with Crippen LogP contribution in [0, 0.1) is 0 Å². The Kier molecular flexibility index (Phi) is 5.77. The molecule has 1 aromatic carbocycles. The third kappa shape index (κ3) is 4.46. The van der Waals surface area contributed by atoms with E-state index in [1.54, 1.807) is 7.11 Å². The van der Waals surface area contributed by atoms with Crippen LogP contribution in [0.15, 0.2) is 23.4 Å². The van der Waals surface area contributed by atoms with Crippen LogP contribution in [0.4, 0.5) is 0 Å². The lowest BCUT2D eigenvalue weighted by Gasteiger charge is -2.24. The molecule has 1 atom stereocenters. The molecule has 0 unspecified atom stereocenters. The summed E-state index contributed by atoms with van der Waals surface area (Å²) in [5.41, 5.74) is 2.65. The van der Waals surface area contributed by atoms with Gasteiger partial charge in [-0.15, -0.1) is 0 Å². The van der Waals surface area contributed by atoms with E-state index in [0.29, 0.717) is 0 Å². The minimum Gasteiger partial charge on any atom is -0.497 e. The topological polar surface area (TPSA) is 74.2 Å². The summed E-state index contributed by atoms with van der Waals surface area (Å²) < 4.78 is 5.30. The van der Waals surface area contributed by atoms with Crippen molar-refractivity contribution in [3.05, 3.63) is 29.3 Å². The molecule has 1 amide bonds. The summed E-state index contributed by atoms with van der Waals surface area (Å²) in [5, 5.41) is 13.9. The number of carbonyl (C=O) groups excluding carboxylic acids is 1. The highest BCUT2D eigenvalue weighted by atomic mass is 16.5. The Morgan fingerprint density at radius 1 is 1.55 bits per heavy atom. The normalized spacial score (nSPS) is 16.8. The highest BCUT2D eigenvalue weighted by molar-refractivity contribution is 6.26. The molecule has 0 radical (unpaired) electrons. The van der Waals surface area contributed by atoms with E-state index in [1.807, 2.05) is 13.0 Å². The first-order valence-corrected chi connectivity index (χ1v) is 7.48. The molecule has 1 aliphatic rings. The van der Waals surface area contributed by atoms with Gasteiger partial charge in [-0.2, -0.15) is 0 Å². The molecular formula is C16H23N3O3. The van der Waals surface area contributed by atoms with Crippen LogP contribution in [0.2, 0.25) is 0 Å². The minimum atomic E-state index is -0.383. The van der Waals surface area contributed by atoms with Gasteiger partial charge < -0.3 is 15.3 Å². The first-order valence-electron chi connectivity index (χ1n) is 7.48. The summed E-state index contributed by atoms with van der Waals surface area (Å²) in [6.07, 6.45) is 3.03. The van der Waals surface area contributed by atoms with E-state index in [-0.39, 0.29) is 11.9 Å². The van der Waals surface area contributed by atoms with Crippen molar-refractivity contribution in [2.24, 2.45) is 5.16 Å². The quantitative estimate of drug-likeness (QED) is 0.490. The lowest BCUT2D eigenvalue weighted by atomic mass is 10.0. The molecule has 1 aliphatic heterocycles. The second kappa shape index (κ2) is 7.79. The summed E-state index contributed by atoms with van der Waals surface area (Å²) in [4.78, 5) is 13.7. The summed E-state index contributed by atoms with van der Waals surface area (Å²) >= 11 is 0. The van der Waals surface area contributed by atoms with Gasteiger partial charge in [0, 0.05) is 19.1 Å². The highest BCUT2D eigenvalue weighted by Gasteiger charge is 2.17. The molecule has 120 valence electrons. The zero-order chi connectivity index (χ0) is 15.9. The molecule has 0 saturated heterocycles. The number of methoxy groups -OCH3 is 1. The number of oxime groups is 1. The Morgan fingerprint density at radius 2 is 2.36 bits per heavy atom. The van der Waals surface area contributed by atoms with Crippen LogP contribution in [-0.4, -0.2) is 48.5 Å². The van der Waals surface area contributed by atoms with E-state index in [1.165, 1.54) is 11.1 Å². The fraction of sp³-hybridized carbons (Fsp3) is 0.500. The van der Waals surface area contributed by atoms with E-state index in [0.717, 1.165) is 44.4 Å². The van der Waals surface area contributed by atoms with Gasteiger partial charge in [0.1, 0.15) is 12.0 Å². The van der Waals surface area contributed by atoms with Gasteiger partial charge in [0.15, 0.2) is 0 Å². The fourth-order valence-electron chi connectivity index (χ4n) is 2.85. The van der Waals surface area contributed by atoms with Crippen molar-refractivity contribution in [1.82, 2.24) is 10.2 Å². The molecule has 2 rings (SSSR count). The van der Waals surface area contributed by atoms with Crippen molar-refractivity contribution < 1.29 is 14.7 Å². The van der Waals surface area contributed by atoms with E-state index in [4.69, 9.17) is 9.94 Å². The molecule has 1 heterocycles. The van der Waals surface area contributed by atoms with Crippen molar-refractivity contribution in [3.8, 4) is 5.75 Å². The van der Waals surface area contributed by atoms with Gasteiger partial charge in [0.25, 0.3) is 5.91 Å². The molecule has 0 aliphatic carbocycles.